The van der Waals surface area contributed by atoms with Gasteiger partial charge < -0.3 is 29.6 Å². The van der Waals surface area contributed by atoms with Gasteiger partial charge in [0.1, 0.15) is 11.5 Å². The Labute approximate surface area is 153 Å². The first-order valence-electron chi connectivity index (χ1n) is 8.09. The predicted molar refractivity (Wildman–Crippen MR) is 101 cm³/mol. The van der Waals surface area contributed by atoms with Crippen LogP contribution in [0.4, 0.5) is 11.4 Å². The molecule has 0 aliphatic heterocycles. The number of amides is 1. The zero-order chi connectivity index (χ0) is 18.9. The van der Waals surface area contributed by atoms with Gasteiger partial charge in [0.25, 0.3) is 0 Å². The summed E-state index contributed by atoms with van der Waals surface area (Å²) in [4.78, 5) is 12.1. The van der Waals surface area contributed by atoms with Gasteiger partial charge in [0.2, 0.25) is 5.91 Å². The van der Waals surface area contributed by atoms with E-state index in [0.29, 0.717) is 41.7 Å². The Balaban J connectivity index is 1.89. The number of hydrogen-bond acceptors (Lipinski definition) is 6. The maximum Gasteiger partial charge on any atom is 0.226 e. The molecule has 26 heavy (non-hydrogen) atoms. The van der Waals surface area contributed by atoms with Crippen molar-refractivity contribution in [3.8, 4) is 23.0 Å². The fourth-order valence-electron chi connectivity index (χ4n) is 2.39. The van der Waals surface area contributed by atoms with Crippen molar-refractivity contribution in [3.63, 3.8) is 0 Å². The van der Waals surface area contributed by atoms with Crippen LogP contribution in [0.2, 0.25) is 0 Å². The highest BCUT2D eigenvalue weighted by molar-refractivity contribution is 5.91. The molecule has 2 N–H and O–H groups in total. The van der Waals surface area contributed by atoms with Crippen molar-refractivity contribution in [2.24, 2.45) is 0 Å². The molecule has 2 rings (SSSR count). The molecule has 0 aromatic heterocycles. The van der Waals surface area contributed by atoms with E-state index in [1.165, 1.54) is 0 Å². The molecule has 0 bridgehead atoms. The molecule has 0 fully saturated rings. The van der Waals surface area contributed by atoms with E-state index in [1.54, 1.807) is 52.7 Å². The highest BCUT2D eigenvalue weighted by atomic mass is 16.5. The van der Waals surface area contributed by atoms with Gasteiger partial charge in [-0.3, -0.25) is 4.79 Å². The molecule has 0 atom stereocenters. The van der Waals surface area contributed by atoms with Gasteiger partial charge in [0.05, 0.1) is 34.1 Å². The fourth-order valence-corrected chi connectivity index (χ4v) is 2.39. The lowest BCUT2D eigenvalue weighted by Crippen LogP contribution is -2.16. The number of anilines is 2. The maximum absolute atomic E-state index is 12.1. The van der Waals surface area contributed by atoms with Crippen molar-refractivity contribution < 1.29 is 23.7 Å². The highest BCUT2D eigenvalue weighted by Crippen LogP contribution is 2.30. The predicted octanol–water partition coefficient (Wildman–Crippen LogP) is 3.16. The number of methoxy groups -OCH3 is 4. The lowest BCUT2D eigenvalue weighted by molar-refractivity contribution is -0.115. The van der Waals surface area contributed by atoms with Gasteiger partial charge in [-0.1, -0.05) is 0 Å². The van der Waals surface area contributed by atoms with Crippen LogP contribution in [0, 0.1) is 0 Å². The molecule has 0 aliphatic carbocycles. The molecule has 7 heteroatoms. The molecule has 0 spiro atoms. The zero-order valence-electron chi connectivity index (χ0n) is 15.4. The van der Waals surface area contributed by atoms with E-state index in [1.807, 2.05) is 12.1 Å². The molecular formula is C19H24N2O5. The van der Waals surface area contributed by atoms with Gasteiger partial charge in [-0.15, -0.1) is 0 Å². The Morgan fingerprint density at radius 2 is 1.58 bits per heavy atom. The first-order valence-corrected chi connectivity index (χ1v) is 8.09. The van der Waals surface area contributed by atoms with Crippen LogP contribution in [0.5, 0.6) is 23.0 Å². The van der Waals surface area contributed by atoms with Crippen molar-refractivity contribution in [1.29, 1.82) is 0 Å². The smallest absolute Gasteiger partial charge is 0.226 e. The number of hydrogen-bond donors (Lipinski definition) is 2. The van der Waals surface area contributed by atoms with Crippen LogP contribution in [0.15, 0.2) is 36.4 Å². The summed E-state index contributed by atoms with van der Waals surface area (Å²) < 4.78 is 20.9. The van der Waals surface area contributed by atoms with E-state index < -0.39 is 0 Å². The van der Waals surface area contributed by atoms with Crippen LogP contribution < -0.4 is 29.6 Å². The van der Waals surface area contributed by atoms with Crippen molar-refractivity contribution in [2.45, 2.75) is 6.42 Å². The summed E-state index contributed by atoms with van der Waals surface area (Å²) in [5.74, 6) is 2.42. The second-order valence-corrected chi connectivity index (χ2v) is 5.36. The number of carbonyl (C=O) groups is 1. The standard InChI is InChI=1S/C19H24N2O5/c1-23-14-6-7-15(17(12-14)25-3)20-10-9-19(22)21-13-5-8-16(24-2)18(11-13)26-4/h5-8,11-12,20H,9-10H2,1-4H3,(H,21,22). The third-order valence-electron chi connectivity index (χ3n) is 3.74. The molecule has 2 aromatic rings. The average molecular weight is 360 g/mol. The summed E-state index contributed by atoms with van der Waals surface area (Å²) >= 11 is 0. The van der Waals surface area contributed by atoms with Gasteiger partial charge in [0.15, 0.2) is 11.5 Å². The summed E-state index contributed by atoms with van der Waals surface area (Å²) in [5.41, 5.74) is 1.45. The highest BCUT2D eigenvalue weighted by Gasteiger charge is 2.09. The van der Waals surface area contributed by atoms with E-state index in [-0.39, 0.29) is 5.91 Å². The minimum Gasteiger partial charge on any atom is -0.497 e. The van der Waals surface area contributed by atoms with E-state index in [4.69, 9.17) is 18.9 Å². The molecule has 0 radical (unpaired) electrons. The van der Waals surface area contributed by atoms with Crippen molar-refractivity contribution in [3.05, 3.63) is 36.4 Å². The Kier molecular flexibility index (Phi) is 6.96. The van der Waals surface area contributed by atoms with E-state index >= 15 is 0 Å². The fraction of sp³-hybridized carbons (Fsp3) is 0.316. The van der Waals surface area contributed by atoms with Crippen LogP contribution in [-0.4, -0.2) is 40.9 Å². The van der Waals surface area contributed by atoms with Crippen molar-refractivity contribution in [2.75, 3.05) is 45.6 Å². The van der Waals surface area contributed by atoms with E-state index in [9.17, 15) is 4.79 Å². The number of rotatable bonds is 9. The largest absolute Gasteiger partial charge is 0.497 e. The first-order chi connectivity index (χ1) is 12.6. The van der Waals surface area contributed by atoms with Gasteiger partial charge >= 0.3 is 0 Å². The Bertz CT molecular complexity index is 749. The topological polar surface area (TPSA) is 78.1 Å². The maximum atomic E-state index is 12.1. The van der Waals surface area contributed by atoms with Crippen LogP contribution in [-0.2, 0) is 4.79 Å². The molecule has 140 valence electrons. The normalized spacial score (nSPS) is 10.0. The van der Waals surface area contributed by atoms with Crippen molar-refractivity contribution in [1.82, 2.24) is 0 Å². The molecule has 7 nitrogen and oxygen atoms in total. The second-order valence-electron chi connectivity index (χ2n) is 5.36. The molecular weight excluding hydrogens is 336 g/mol. The van der Waals surface area contributed by atoms with Crippen LogP contribution in [0.25, 0.3) is 0 Å². The first kappa shape index (κ1) is 19.2. The van der Waals surface area contributed by atoms with Crippen LogP contribution in [0.3, 0.4) is 0 Å². The monoisotopic (exact) mass is 360 g/mol. The van der Waals surface area contributed by atoms with Crippen LogP contribution >= 0.6 is 0 Å². The third kappa shape index (κ3) is 4.95. The Morgan fingerprint density at radius 3 is 2.23 bits per heavy atom. The van der Waals surface area contributed by atoms with Gasteiger partial charge in [-0.25, -0.2) is 0 Å². The number of benzene rings is 2. The summed E-state index contributed by atoms with van der Waals surface area (Å²) in [6.45, 7) is 0.460. The lowest BCUT2D eigenvalue weighted by Gasteiger charge is -2.13. The molecule has 0 saturated carbocycles. The SMILES string of the molecule is COc1ccc(NCCC(=O)Nc2ccc(OC)c(OC)c2)c(OC)c1. The molecule has 0 aliphatic rings. The third-order valence-corrected chi connectivity index (χ3v) is 3.74. The molecule has 0 heterocycles. The Morgan fingerprint density at radius 1 is 0.846 bits per heavy atom. The minimum atomic E-state index is -0.114. The molecule has 2 aromatic carbocycles. The van der Waals surface area contributed by atoms with Crippen LogP contribution in [0.1, 0.15) is 6.42 Å². The lowest BCUT2D eigenvalue weighted by atomic mass is 10.2. The molecule has 0 unspecified atom stereocenters. The second kappa shape index (κ2) is 9.41. The number of carbonyl (C=O) groups excluding carboxylic acids is 1. The number of ether oxygens (including phenoxy) is 4. The average Bonchev–Trinajstić information content (AvgIpc) is 2.67. The number of nitrogens with one attached hydrogen (secondary N) is 2. The molecule has 0 saturated heterocycles. The summed E-state index contributed by atoms with van der Waals surface area (Å²) in [6.07, 6.45) is 0.295. The summed E-state index contributed by atoms with van der Waals surface area (Å²) in [6, 6.07) is 10.7. The van der Waals surface area contributed by atoms with Crippen molar-refractivity contribution >= 4 is 17.3 Å². The summed E-state index contributed by atoms with van der Waals surface area (Å²) in [5, 5.41) is 6.02. The molecule has 1 amide bonds. The van der Waals surface area contributed by atoms with Gasteiger partial charge in [-0.05, 0) is 24.3 Å². The minimum absolute atomic E-state index is 0.114. The quantitative estimate of drug-likeness (QED) is 0.715. The van der Waals surface area contributed by atoms with E-state index in [2.05, 4.69) is 10.6 Å². The van der Waals surface area contributed by atoms with Gasteiger partial charge in [-0.2, -0.15) is 0 Å². The summed E-state index contributed by atoms with van der Waals surface area (Å²) in [7, 11) is 6.30. The Hall–Kier alpha value is -3.09. The van der Waals surface area contributed by atoms with E-state index in [0.717, 1.165) is 5.69 Å². The van der Waals surface area contributed by atoms with Gasteiger partial charge in [0, 0.05) is 30.8 Å². The zero-order valence-corrected chi connectivity index (χ0v) is 15.4.